The zero-order valence-corrected chi connectivity index (χ0v) is 14.0. The monoisotopic (exact) mass is 361 g/mol. The summed E-state index contributed by atoms with van der Waals surface area (Å²) in [5.41, 5.74) is 1.13. The number of aromatic nitrogens is 5. The summed E-state index contributed by atoms with van der Waals surface area (Å²) in [5, 5.41) is 14.5. The van der Waals surface area contributed by atoms with E-state index in [4.69, 9.17) is 16.3 Å². The number of ether oxygens (including phenoxy) is 1. The van der Waals surface area contributed by atoms with Crippen molar-refractivity contribution in [1.82, 2.24) is 25.2 Å². The van der Waals surface area contributed by atoms with Crippen LogP contribution < -0.4 is 0 Å². The Hall–Kier alpha value is -2.32. The Morgan fingerprint density at radius 3 is 3.08 bits per heavy atom. The van der Waals surface area contributed by atoms with Gasteiger partial charge in [-0.3, -0.25) is 0 Å². The van der Waals surface area contributed by atoms with Gasteiger partial charge in [-0.15, -0.1) is 16.4 Å². The van der Waals surface area contributed by atoms with Crippen LogP contribution in [0.2, 0.25) is 5.02 Å². The zero-order valence-electron chi connectivity index (χ0n) is 12.4. The van der Waals surface area contributed by atoms with Crippen molar-refractivity contribution in [2.45, 2.75) is 25.5 Å². The lowest BCUT2D eigenvalue weighted by Gasteiger charge is -2.03. The third kappa shape index (κ3) is 3.15. The number of nitrogens with zero attached hydrogens (tertiary/aromatic N) is 5. The fourth-order valence-corrected chi connectivity index (χ4v) is 3.21. The van der Waals surface area contributed by atoms with Crippen molar-refractivity contribution in [2.75, 3.05) is 0 Å². The second kappa shape index (κ2) is 6.29. The van der Waals surface area contributed by atoms with Gasteiger partial charge >= 0.3 is 5.97 Å². The lowest BCUT2D eigenvalue weighted by atomic mass is 10.2. The Balaban J connectivity index is 1.44. The highest BCUT2D eigenvalue weighted by molar-refractivity contribution is 7.13. The molecule has 0 spiro atoms. The molecule has 1 fully saturated rings. The van der Waals surface area contributed by atoms with E-state index in [1.54, 1.807) is 22.2 Å². The molecule has 0 amide bonds. The van der Waals surface area contributed by atoms with Crippen LogP contribution >= 0.6 is 22.9 Å². The van der Waals surface area contributed by atoms with Crippen molar-refractivity contribution in [2.24, 2.45) is 0 Å². The van der Waals surface area contributed by atoms with E-state index >= 15 is 0 Å². The molecular formula is C15H12ClN5O2S. The molecular weight excluding hydrogens is 350 g/mol. The molecule has 122 valence electrons. The maximum Gasteiger partial charge on any atom is 0.358 e. The molecule has 7 nitrogen and oxygen atoms in total. The van der Waals surface area contributed by atoms with Gasteiger partial charge in [-0.05, 0) is 35.4 Å². The second-order valence-corrected chi connectivity index (χ2v) is 6.69. The number of halogens is 1. The molecule has 3 aromatic rings. The summed E-state index contributed by atoms with van der Waals surface area (Å²) >= 11 is 7.35. The molecule has 1 saturated carbocycles. The van der Waals surface area contributed by atoms with Gasteiger partial charge in [-0.2, -0.15) is 0 Å². The Morgan fingerprint density at radius 1 is 1.42 bits per heavy atom. The van der Waals surface area contributed by atoms with Gasteiger partial charge in [0.25, 0.3) is 0 Å². The van der Waals surface area contributed by atoms with Crippen molar-refractivity contribution < 1.29 is 9.53 Å². The number of thiazole rings is 1. The highest BCUT2D eigenvalue weighted by Gasteiger charge is 2.28. The molecule has 24 heavy (non-hydrogen) atoms. The van der Waals surface area contributed by atoms with E-state index in [2.05, 4.69) is 20.5 Å². The Bertz CT molecular complexity index is 889. The normalized spacial score (nSPS) is 13.9. The largest absolute Gasteiger partial charge is 0.453 e. The number of hydrogen-bond acceptors (Lipinski definition) is 7. The molecule has 0 atom stereocenters. The fraction of sp³-hybridized carbons (Fsp3) is 0.267. The third-order valence-electron chi connectivity index (χ3n) is 3.57. The lowest BCUT2D eigenvalue weighted by molar-refractivity contribution is 0.0450. The number of esters is 1. The van der Waals surface area contributed by atoms with Crippen LogP contribution in [0.1, 0.15) is 35.2 Å². The van der Waals surface area contributed by atoms with Gasteiger partial charge in [0.1, 0.15) is 5.01 Å². The van der Waals surface area contributed by atoms with Crippen molar-refractivity contribution in [3.05, 3.63) is 46.2 Å². The van der Waals surface area contributed by atoms with Crippen LogP contribution in [0, 0.1) is 0 Å². The molecule has 1 aliphatic rings. The molecule has 1 aromatic carbocycles. The first-order valence-electron chi connectivity index (χ1n) is 7.36. The molecule has 0 N–H and O–H groups in total. The van der Waals surface area contributed by atoms with Gasteiger partial charge in [-0.25, -0.2) is 14.5 Å². The molecule has 0 saturated heterocycles. The van der Waals surface area contributed by atoms with Crippen LogP contribution in [0.15, 0.2) is 29.6 Å². The maximum atomic E-state index is 12.2. The summed E-state index contributed by atoms with van der Waals surface area (Å²) in [7, 11) is 0. The van der Waals surface area contributed by atoms with Crippen LogP contribution in [0.5, 0.6) is 0 Å². The van der Waals surface area contributed by atoms with Gasteiger partial charge in [0.15, 0.2) is 18.1 Å². The molecule has 0 radical (unpaired) electrons. The third-order valence-corrected chi connectivity index (χ3v) is 4.70. The van der Waals surface area contributed by atoms with Crippen LogP contribution in [0.25, 0.3) is 10.6 Å². The number of hydrogen-bond donors (Lipinski definition) is 0. The van der Waals surface area contributed by atoms with Crippen molar-refractivity contribution in [3.63, 3.8) is 0 Å². The van der Waals surface area contributed by atoms with E-state index in [0.717, 1.165) is 18.4 Å². The van der Waals surface area contributed by atoms with Gasteiger partial charge < -0.3 is 4.74 Å². The predicted octanol–water partition coefficient (Wildman–Crippen LogP) is 3.14. The van der Waals surface area contributed by atoms with E-state index in [1.165, 1.54) is 11.3 Å². The van der Waals surface area contributed by atoms with E-state index in [0.29, 0.717) is 21.9 Å². The summed E-state index contributed by atoms with van der Waals surface area (Å²) in [6.45, 7) is 0.0341. The highest BCUT2D eigenvalue weighted by atomic mass is 35.5. The zero-order chi connectivity index (χ0) is 16.5. The van der Waals surface area contributed by atoms with Crippen LogP contribution in [-0.4, -0.2) is 31.2 Å². The average molecular weight is 362 g/mol. The van der Waals surface area contributed by atoms with E-state index < -0.39 is 5.97 Å². The second-order valence-electron chi connectivity index (χ2n) is 5.40. The molecule has 1 aliphatic carbocycles. The summed E-state index contributed by atoms with van der Waals surface area (Å²) in [4.78, 5) is 16.5. The summed E-state index contributed by atoms with van der Waals surface area (Å²) in [6, 6.07) is 7.66. The van der Waals surface area contributed by atoms with E-state index in [9.17, 15) is 4.79 Å². The molecule has 2 heterocycles. The highest BCUT2D eigenvalue weighted by Crippen LogP contribution is 2.34. The minimum Gasteiger partial charge on any atom is -0.453 e. The van der Waals surface area contributed by atoms with Gasteiger partial charge in [0.05, 0.1) is 6.04 Å². The van der Waals surface area contributed by atoms with Crippen molar-refractivity contribution in [3.8, 4) is 10.6 Å². The van der Waals surface area contributed by atoms with E-state index in [1.807, 2.05) is 12.1 Å². The molecule has 0 unspecified atom stereocenters. The van der Waals surface area contributed by atoms with Crippen LogP contribution in [-0.2, 0) is 11.3 Å². The summed E-state index contributed by atoms with van der Waals surface area (Å²) in [5.74, 6) is 0.0565. The number of benzene rings is 1. The first-order valence-corrected chi connectivity index (χ1v) is 8.62. The smallest absolute Gasteiger partial charge is 0.358 e. The first kappa shape index (κ1) is 15.2. The summed E-state index contributed by atoms with van der Waals surface area (Å²) in [6.07, 6.45) is 2.11. The molecule has 0 bridgehead atoms. The first-order chi connectivity index (χ1) is 11.7. The minimum atomic E-state index is -0.495. The van der Waals surface area contributed by atoms with Gasteiger partial charge in [0, 0.05) is 16.0 Å². The number of tetrazole rings is 1. The number of rotatable bonds is 5. The topological polar surface area (TPSA) is 82.8 Å². The maximum absolute atomic E-state index is 12.2. The van der Waals surface area contributed by atoms with Crippen LogP contribution in [0.4, 0.5) is 0 Å². The van der Waals surface area contributed by atoms with Crippen molar-refractivity contribution in [1.29, 1.82) is 0 Å². The van der Waals surface area contributed by atoms with Crippen LogP contribution in [0.3, 0.4) is 0 Å². The number of carbonyl (C=O) groups excluding carboxylic acids is 1. The minimum absolute atomic E-state index is 0.0341. The van der Waals surface area contributed by atoms with E-state index in [-0.39, 0.29) is 12.3 Å². The Morgan fingerprint density at radius 2 is 2.29 bits per heavy atom. The Kier molecular flexibility index (Phi) is 3.99. The quantitative estimate of drug-likeness (QED) is 0.649. The summed E-state index contributed by atoms with van der Waals surface area (Å²) < 4.78 is 6.99. The number of carbonyl (C=O) groups is 1. The molecule has 9 heteroatoms. The lowest BCUT2D eigenvalue weighted by Crippen LogP contribution is -2.10. The van der Waals surface area contributed by atoms with Gasteiger partial charge in [0.2, 0.25) is 0 Å². The fourth-order valence-electron chi connectivity index (χ4n) is 2.24. The SMILES string of the molecule is O=C(OCc1nnnn1C1CC1)c1csc(-c2cccc(Cl)c2)n1. The standard InChI is InChI=1S/C15H12ClN5O2S/c16-10-3-1-2-9(6-10)14-17-12(8-24-14)15(22)23-7-13-18-19-20-21(13)11-4-5-11/h1-3,6,8,11H,4-5,7H2. The molecule has 0 aliphatic heterocycles. The average Bonchev–Trinajstić information content (AvgIpc) is 3.12. The van der Waals surface area contributed by atoms with Crippen molar-refractivity contribution >= 4 is 28.9 Å². The molecule has 4 rings (SSSR count). The Labute approximate surface area is 146 Å². The molecule has 2 aromatic heterocycles. The predicted molar refractivity (Wildman–Crippen MR) is 87.8 cm³/mol. The van der Waals surface area contributed by atoms with Gasteiger partial charge in [-0.1, -0.05) is 23.7 Å².